The maximum absolute atomic E-state index is 13.6. The summed E-state index contributed by atoms with van der Waals surface area (Å²) >= 11 is 0. The highest BCUT2D eigenvalue weighted by Gasteiger charge is 2.45. The second kappa shape index (κ2) is 8.29. The van der Waals surface area contributed by atoms with Gasteiger partial charge in [0, 0.05) is 36.2 Å². The van der Waals surface area contributed by atoms with Crippen LogP contribution in [-0.4, -0.2) is 63.5 Å². The van der Waals surface area contributed by atoms with E-state index in [2.05, 4.69) is 0 Å². The van der Waals surface area contributed by atoms with Gasteiger partial charge in [-0.3, -0.25) is 9.59 Å². The van der Waals surface area contributed by atoms with Gasteiger partial charge in [0.05, 0.1) is 29.0 Å². The van der Waals surface area contributed by atoms with Crippen molar-refractivity contribution in [3.63, 3.8) is 0 Å². The molecule has 2 N–H and O–H groups in total. The number of fused-ring (bicyclic) bond motifs is 6. The Labute approximate surface area is 210 Å². The van der Waals surface area contributed by atoms with Crippen molar-refractivity contribution in [2.45, 2.75) is 38.5 Å². The van der Waals surface area contributed by atoms with Gasteiger partial charge >= 0.3 is 5.97 Å². The van der Waals surface area contributed by atoms with Gasteiger partial charge in [-0.1, -0.05) is 6.92 Å². The van der Waals surface area contributed by atoms with Crippen molar-refractivity contribution in [1.29, 1.82) is 0 Å². The molecule has 11 nitrogen and oxygen atoms in total. The molecule has 1 amide bonds. The van der Waals surface area contributed by atoms with Gasteiger partial charge in [0.15, 0.2) is 17.1 Å². The Kier molecular flexibility index (Phi) is 5.25. The van der Waals surface area contributed by atoms with E-state index in [0.717, 1.165) is 16.5 Å². The van der Waals surface area contributed by atoms with Crippen LogP contribution in [0.5, 0.6) is 11.5 Å². The second-order valence-electron chi connectivity index (χ2n) is 9.47. The molecule has 0 spiro atoms. The van der Waals surface area contributed by atoms with E-state index in [9.17, 15) is 24.6 Å². The summed E-state index contributed by atoms with van der Waals surface area (Å²) in [5.41, 5.74) is 1.62. The number of carbonyl (C=O) groups excluding carboxylic acids is 2. The summed E-state index contributed by atoms with van der Waals surface area (Å²) in [5, 5.41) is 21.2. The predicted octanol–water partition coefficient (Wildman–Crippen LogP) is 0.801. The smallest absolute Gasteiger partial charge is 0.343 e. The number of cyclic esters (lactones) is 1. The number of likely N-dealkylation sites (N-methyl/N-ethyl adjacent to an activating group) is 1. The van der Waals surface area contributed by atoms with E-state index in [-0.39, 0.29) is 43.1 Å². The zero-order chi connectivity index (χ0) is 26.1. The number of pyridine rings is 2. The van der Waals surface area contributed by atoms with Crippen LogP contribution in [0.25, 0.3) is 22.3 Å². The zero-order valence-corrected chi connectivity index (χ0v) is 20.4. The molecule has 3 aromatic rings. The Bertz CT molecular complexity index is 1560. The lowest BCUT2D eigenvalue weighted by atomic mass is 9.86. The van der Waals surface area contributed by atoms with Gasteiger partial charge in [-0.2, -0.15) is 0 Å². The Morgan fingerprint density at radius 3 is 2.65 bits per heavy atom. The molecule has 5 heterocycles. The molecule has 1 aromatic carbocycles. The minimum Gasteiger partial charge on any atom is -0.458 e. The molecule has 3 aliphatic heterocycles. The molecule has 2 aromatic heterocycles. The maximum Gasteiger partial charge on any atom is 0.343 e. The molecule has 0 saturated heterocycles. The summed E-state index contributed by atoms with van der Waals surface area (Å²) in [4.78, 5) is 44.3. The molecular formula is C26H25N3O8. The van der Waals surface area contributed by atoms with Gasteiger partial charge in [0.2, 0.25) is 12.7 Å². The molecule has 1 atom stereocenters. The van der Waals surface area contributed by atoms with Crippen LogP contribution in [0, 0.1) is 0 Å². The number of hydrogen-bond donors (Lipinski definition) is 2. The maximum atomic E-state index is 13.6. The van der Waals surface area contributed by atoms with Gasteiger partial charge < -0.3 is 33.9 Å². The van der Waals surface area contributed by atoms with E-state index >= 15 is 0 Å². The van der Waals surface area contributed by atoms with Crippen LogP contribution >= 0.6 is 0 Å². The molecular weight excluding hydrogens is 482 g/mol. The highest BCUT2D eigenvalue weighted by molar-refractivity contribution is 5.91. The summed E-state index contributed by atoms with van der Waals surface area (Å²) in [5.74, 6) is -0.0330. The fourth-order valence-corrected chi connectivity index (χ4v) is 5.36. The summed E-state index contributed by atoms with van der Waals surface area (Å²) < 4.78 is 17.9. The van der Waals surface area contributed by atoms with Crippen LogP contribution in [0.1, 0.15) is 35.6 Å². The van der Waals surface area contributed by atoms with Crippen molar-refractivity contribution in [2.75, 3.05) is 27.0 Å². The fraction of sp³-hybridized carbons (Fsp3) is 0.385. The molecule has 192 valence electrons. The molecule has 0 aliphatic carbocycles. The number of nitrogens with zero attached hydrogens (tertiary/aromatic N) is 3. The van der Waals surface area contributed by atoms with Crippen LogP contribution in [0.2, 0.25) is 0 Å². The van der Waals surface area contributed by atoms with E-state index in [0.29, 0.717) is 41.4 Å². The van der Waals surface area contributed by atoms with Crippen LogP contribution in [0.15, 0.2) is 23.0 Å². The van der Waals surface area contributed by atoms with Crippen molar-refractivity contribution in [3.05, 3.63) is 50.8 Å². The summed E-state index contributed by atoms with van der Waals surface area (Å²) in [6.45, 7) is 1.54. The molecule has 3 aliphatic rings. The number of amides is 1. The first-order chi connectivity index (χ1) is 17.8. The number of aliphatic hydroxyl groups is 2. The second-order valence-corrected chi connectivity index (χ2v) is 9.47. The van der Waals surface area contributed by atoms with Gasteiger partial charge in [-0.25, -0.2) is 9.78 Å². The number of aliphatic hydroxyl groups excluding tert-OH is 1. The van der Waals surface area contributed by atoms with E-state index in [1.807, 2.05) is 6.07 Å². The Morgan fingerprint density at radius 2 is 1.92 bits per heavy atom. The van der Waals surface area contributed by atoms with Crippen LogP contribution in [0.4, 0.5) is 0 Å². The van der Waals surface area contributed by atoms with Crippen LogP contribution < -0.4 is 15.0 Å². The molecule has 0 bridgehead atoms. The van der Waals surface area contributed by atoms with Crippen LogP contribution in [-0.2, 0) is 39.5 Å². The topological polar surface area (TPSA) is 140 Å². The highest BCUT2D eigenvalue weighted by Crippen LogP contribution is 2.43. The predicted molar refractivity (Wildman–Crippen MR) is 129 cm³/mol. The summed E-state index contributed by atoms with van der Waals surface area (Å²) in [6.07, 6.45) is 0.492. The lowest BCUT2D eigenvalue weighted by Crippen LogP contribution is -2.44. The lowest BCUT2D eigenvalue weighted by molar-refractivity contribution is -0.172. The molecule has 11 heteroatoms. The van der Waals surface area contributed by atoms with E-state index in [1.54, 1.807) is 30.7 Å². The van der Waals surface area contributed by atoms with Crippen molar-refractivity contribution in [3.8, 4) is 22.9 Å². The zero-order valence-electron chi connectivity index (χ0n) is 20.4. The Morgan fingerprint density at radius 1 is 1.16 bits per heavy atom. The van der Waals surface area contributed by atoms with Crippen LogP contribution in [0.3, 0.4) is 0 Å². The number of carbonyl (C=O) groups is 2. The quantitative estimate of drug-likeness (QED) is 0.375. The number of hydrogen-bond acceptors (Lipinski definition) is 9. The normalized spacial score (nSPS) is 18.9. The molecule has 37 heavy (non-hydrogen) atoms. The minimum atomic E-state index is -1.91. The van der Waals surface area contributed by atoms with Crippen molar-refractivity contribution < 1.29 is 34.0 Å². The summed E-state index contributed by atoms with van der Waals surface area (Å²) in [6, 6.07) is 5.31. The summed E-state index contributed by atoms with van der Waals surface area (Å²) in [7, 11) is 1.62. The molecule has 0 unspecified atom stereocenters. The Balaban J connectivity index is 1.56. The molecule has 0 saturated carbocycles. The third kappa shape index (κ3) is 3.34. The monoisotopic (exact) mass is 507 g/mol. The van der Waals surface area contributed by atoms with Gasteiger partial charge in [-0.05, 0) is 30.5 Å². The first-order valence-corrected chi connectivity index (χ1v) is 12.0. The number of esters is 1. The number of ether oxygens (including phenoxy) is 3. The van der Waals surface area contributed by atoms with Gasteiger partial charge in [-0.15, -0.1) is 0 Å². The van der Waals surface area contributed by atoms with E-state index in [4.69, 9.17) is 19.2 Å². The van der Waals surface area contributed by atoms with Crippen molar-refractivity contribution in [2.24, 2.45) is 0 Å². The molecule has 6 rings (SSSR count). The van der Waals surface area contributed by atoms with Gasteiger partial charge in [0.1, 0.15) is 13.2 Å². The minimum absolute atomic E-state index is 0.0552. The number of rotatable bonds is 5. The first-order valence-electron chi connectivity index (χ1n) is 12.0. The average molecular weight is 507 g/mol. The highest BCUT2D eigenvalue weighted by atomic mass is 16.7. The SMILES string of the molecule is CC[C@@]1(O)C(=O)OCc2c1cc1n(c2=O)Cc2c-1nc1cc3c(cc1c2CCN(C)C(=O)CO)OCO3. The number of aromatic nitrogens is 2. The van der Waals surface area contributed by atoms with E-state index in [1.165, 1.54) is 4.90 Å². The lowest BCUT2D eigenvalue weighted by Gasteiger charge is -2.31. The van der Waals surface area contributed by atoms with E-state index < -0.39 is 24.1 Å². The number of benzene rings is 1. The first kappa shape index (κ1) is 23.4. The van der Waals surface area contributed by atoms with Crippen molar-refractivity contribution in [1.82, 2.24) is 14.5 Å². The molecule has 0 radical (unpaired) electrons. The van der Waals surface area contributed by atoms with Gasteiger partial charge in [0.25, 0.3) is 5.56 Å². The largest absolute Gasteiger partial charge is 0.458 e. The average Bonchev–Trinajstić information content (AvgIpc) is 3.51. The Hall–Kier alpha value is -3.96. The third-order valence-electron chi connectivity index (χ3n) is 7.56. The fourth-order valence-electron chi connectivity index (χ4n) is 5.36. The molecule has 0 fully saturated rings. The van der Waals surface area contributed by atoms with Crippen molar-refractivity contribution >= 4 is 22.8 Å². The third-order valence-corrected chi connectivity index (χ3v) is 7.56. The standard InChI is InChI=1S/C26H25N3O8/c1-3-26(34)17-7-19-23-15(9-29(19)24(32)16(17)11-35-25(26)33)13(4-5-28(2)22(31)10-30)14-6-20-21(37-12-36-20)8-18(14)27-23/h6-8,30,34H,3-5,9-12H2,1-2H3/t26-/m0/s1.